The Balaban J connectivity index is 1.95. The summed E-state index contributed by atoms with van der Waals surface area (Å²) in [7, 11) is 0. The molecule has 0 spiro atoms. The molecule has 0 bridgehead atoms. The molecular formula is C13H21NO2. The second-order valence-electron chi connectivity index (χ2n) is 5.54. The van der Waals surface area contributed by atoms with Crippen LogP contribution in [0.3, 0.4) is 0 Å². The maximum Gasteiger partial charge on any atom is 0.117 e. The summed E-state index contributed by atoms with van der Waals surface area (Å²) < 4.78 is 5.39. The van der Waals surface area contributed by atoms with Gasteiger partial charge in [-0.3, -0.25) is 4.90 Å². The van der Waals surface area contributed by atoms with Crippen LogP contribution in [0.15, 0.2) is 22.8 Å². The molecule has 0 unspecified atom stereocenters. The summed E-state index contributed by atoms with van der Waals surface area (Å²) >= 11 is 0. The highest BCUT2D eigenvalue weighted by Gasteiger charge is 2.33. The number of aliphatic hydroxyl groups excluding tert-OH is 1. The van der Waals surface area contributed by atoms with Gasteiger partial charge < -0.3 is 9.52 Å². The van der Waals surface area contributed by atoms with E-state index < -0.39 is 0 Å². The predicted molar refractivity (Wildman–Crippen MR) is 63.0 cm³/mol. The van der Waals surface area contributed by atoms with Crippen molar-refractivity contribution in [3.05, 3.63) is 24.2 Å². The molecule has 0 aromatic carbocycles. The molecule has 1 aliphatic carbocycles. The molecule has 0 aliphatic heterocycles. The van der Waals surface area contributed by atoms with Crippen LogP contribution in [-0.2, 0) is 6.54 Å². The van der Waals surface area contributed by atoms with Gasteiger partial charge in [-0.05, 0) is 25.0 Å². The van der Waals surface area contributed by atoms with Crippen molar-refractivity contribution in [2.24, 2.45) is 5.41 Å². The van der Waals surface area contributed by atoms with Crippen molar-refractivity contribution in [2.75, 3.05) is 13.2 Å². The first kappa shape index (κ1) is 11.7. The number of rotatable bonds is 6. The van der Waals surface area contributed by atoms with Crippen LogP contribution < -0.4 is 0 Å². The molecule has 1 saturated carbocycles. The molecule has 1 aliphatic rings. The Labute approximate surface area is 97.1 Å². The number of hydrogen-bond donors (Lipinski definition) is 1. The molecule has 16 heavy (non-hydrogen) atoms. The topological polar surface area (TPSA) is 36.6 Å². The molecule has 2 rings (SSSR count). The van der Waals surface area contributed by atoms with Crippen molar-refractivity contribution in [3.63, 3.8) is 0 Å². The zero-order valence-electron chi connectivity index (χ0n) is 10.1. The highest BCUT2D eigenvalue weighted by Crippen LogP contribution is 2.31. The Kier molecular flexibility index (Phi) is 3.36. The monoisotopic (exact) mass is 223 g/mol. The fourth-order valence-electron chi connectivity index (χ4n) is 1.96. The van der Waals surface area contributed by atoms with Gasteiger partial charge in [-0.25, -0.2) is 0 Å². The summed E-state index contributed by atoms with van der Waals surface area (Å²) in [5, 5.41) is 9.32. The largest absolute Gasteiger partial charge is 0.468 e. The molecule has 0 atom stereocenters. The molecule has 1 aromatic rings. The van der Waals surface area contributed by atoms with Gasteiger partial charge in [0.15, 0.2) is 0 Å². The van der Waals surface area contributed by atoms with Crippen LogP contribution in [0.2, 0.25) is 0 Å². The van der Waals surface area contributed by atoms with Gasteiger partial charge in [-0.15, -0.1) is 0 Å². The average molecular weight is 223 g/mol. The van der Waals surface area contributed by atoms with Gasteiger partial charge >= 0.3 is 0 Å². The second kappa shape index (κ2) is 4.60. The molecule has 1 fully saturated rings. The van der Waals surface area contributed by atoms with Crippen molar-refractivity contribution in [1.29, 1.82) is 0 Å². The van der Waals surface area contributed by atoms with Crippen molar-refractivity contribution in [1.82, 2.24) is 4.90 Å². The number of furan rings is 1. The Morgan fingerprint density at radius 3 is 2.75 bits per heavy atom. The molecule has 0 radical (unpaired) electrons. The Morgan fingerprint density at radius 2 is 2.25 bits per heavy atom. The molecule has 1 aromatic heterocycles. The van der Waals surface area contributed by atoms with Crippen molar-refractivity contribution >= 4 is 0 Å². The molecule has 0 amide bonds. The van der Waals surface area contributed by atoms with E-state index in [0.29, 0.717) is 6.04 Å². The standard InChI is InChI=1S/C13H21NO2/c1-13(2,10-15)9-14(11-5-6-11)8-12-4-3-7-16-12/h3-4,7,11,15H,5-6,8-10H2,1-2H3. The highest BCUT2D eigenvalue weighted by molar-refractivity contribution is 5.00. The molecule has 3 heteroatoms. The smallest absolute Gasteiger partial charge is 0.117 e. The second-order valence-corrected chi connectivity index (χ2v) is 5.54. The maximum atomic E-state index is 9.32. The normalized spacial score (nSPS) is 17.0. The van der Waals surface area contributed by atoms with E-state index in [1.807, 2.05) is 12.1 Å². The van der Waals surface area contributed by atoms with Crippen LogP contribution >= 0.6 is 0 Å². The molecule has 0 saturated heterocycles. The van der Waals surface area contributed by atoms with Gasteiger partial charge in [0.05, 0.1) is 12.8 Å². The van der Waals surface area contributed by atoms with Gasteiger partial charge in [-0.2, -0.15) is 0 Å². The van der Waals surface area contributed by atoms with Crippen LogP contribution in [0.25, 0.3) is 0 Å². The maximum absolute atomic E-state index is 9.32. The third kappa shape index (κ3) is 3.09. The summed E-state index contributed by atoms with van der Waals surface area (Å²) in [4.78, 5) is 2.43. The van der Waals surface area contributed by atoms with Gasteiger partial charge in [0.2, 0.25) is 0 Å². The van der Waals surface area contributed by atoms with Gasteiger partial charge in [0.1, 0.15) is 5.76 Å². The average Bonchev–Trinajstić information content (AvgIpc) is 2.97. The Bertz CT molecular complexity index is 315. The van der Waals surface area contributed by atoms with E-state index in [0.717, 1.165) is 18.8 Å². The van der Waals surface area contributed by atoms with E-state index >= 15 is 0 Å². The third-order valence-electron chi connectivity index (χ3n) is 3.06. The predicted octanol–water partition coefficient (Wildman–Crippen LogP) is 2.26. The van der Waals surface area contributed by atoms with Crippen LogP contribution in [-0.4, -0.2) is 29.2 Å². The molecule has 1 N–H and O–H groups in total. The highest BCUT2D eigenvalue weighted by atomic mass is 16.3. The van der Waals surface area contributed by atoms with Crippen molar-refractivity contribution in [3.8, 4) is 0 Å². The molecular weight excluding hydrogens is 202 g/mol. The van der Waals surface area contributed by atoms with E-state index in [1.165, 1.54) is 12.8 Å². The quantitative estimate of drug-likeness (QED) is 0.803. The lowest BCUT2D eigenvalue weighted by molar-refractivity contribution is 0.0908. The number of nitrogens with zero attached hydrogens (tertiary/aromatic N) is 1. The van der Waals surface area contributed by atoms with Crippen LogP contribution in [0.1, 0.15) is 32.4 Å². The lowest BCUT2D eigenvalue weighted by atomic mass is 9.94. The number of hydrogen-bond acceptors (Lipinski definition) is 3. The van der Waals surface area contributed by atoms with Crippen molar-refractivity contribution < 1.29 is 9.52 Å². The number of aliphatic hydroxyl groups is 1. The summed E-state index contributed by atoms with van der Waals surface area (Å²) in [6, 6.07) is 4.63. The minimum atomic E-state index is -0.0326. The molecule has 3 nitrogen and oxygen atoms in total. The lowest BCUT2D eigenvalue weighted by Gasteiger charge is -2.30. The van der Waals surface area contributed by atoms with Crippen molar-refractivity contribution in [2.45, 2.75) is 39.3 Å². The minimum absolute atomic E-state index is 0.0326. The van der Waals surface area contributed by atoms with Gasteiger partial charge in [-0.1, -0.05) is 13.8 Å². The SMILES string of the molecule is CC(C)(CO)CN(Cc1ccco1)C1CC1. The molecule has 1 heterocycles. The van der Waals surface area contributed by atoms with E-state index in [1.54, 1.807) is 6.26 Å². The van der Waals surface area contributed by atoms with Gasteiger partial charge in [0, 0.05) is 24.6 Å². The zero-order valence-corrected chi connectivity index (χ0v) is 10.1. The summed E-state index contributed by atoms with van der Waals surface area (Å²) in [5.41, 5.74) is -0.0326. The Morgan fingerprint density at radius 1 is 1.50 bits per heavy atom. The summed E-state index contributed by atoms with van der Waals surface area (Å²) in [5.74, 6) is 1.01. The van der Waals surface area contributed by atoms with E-state index in [-0.39, 0.29) is 12.0 Å². The van der Waals surface area contributed by atoms with Crippen LogP contribution in [0, 0.1) is 5.41 Å². The lowest BCUT2D eigenvalue weighted by Crippen LogP contribution is -2.37. The van der Waals surface area contributed by atoms with E-state index in [9.17, 15) is 5.11 Å². The minimum Gasteiger partial charge on any atom is -0.468 e. The fourth-order valence-corrected chi connectivity index (χ4v) is 1.96. The van der Waals surface area contributed by atoms with Gasteiger partial charge in [0.25, 0.3) is 0 Å². The first-order chi connectivity index (χ1) is 7.61. The third-order valence-corrected chi connectivity index (χ3v) is 3.06. The summed E-state index contributed by atoms with van der Waals surface area (Å²) in [6.45, 7) is 6.22. The van der Waals surface area contributed by atoms with Crippen LogP contribution in [0.4, 0.5) is 0 Å². The van der Waals surface area contributed by atoms with Crippen LogP contribution in [0.5, 0.6) is 0 Å². The zero-order chi connectivity index (χ0) is 11.6. The first-order valence-corrected chi connectivity index (χ1v) is 5.98. The molecule has 90 valence electrons. The fraction of sp³-hybridized carbons (Fsp3) is 0.692. The Hall–Kier alpha value is -0.800. The van der Waals surface area contributed by atoms with E-state index in [4.69, 9.17) is 4.42 Å². The summed E-state index contributed by atoms with van der Waals surface area (Å²) in [6.07, 6.45) is 4.28. The van der Waals surface area contributed by atoms with E-state index in [2.05, 4.69) is 18.7 Å². The first-order valence-electron chi connectivity index (χ1n) is 5.98.